The number of carbonyl (C=O) groups excluding carboxylic acids is 1. The van der Waals surface area contributed by atoms with E-state index in [1.807, 2.05) is 24.3 Å². The molecule has 2 fully saturated rings. The van der Waals surface area contributed by atoms with Crippen LogP contribution in [0.4, 0.5) is 0 Å². The van der Waals surface area contributed by atoms with Gasteiger partial charge in [-0.25, -0.2) is 8.42 Å². The molecule has 0 bridgehead atoms. The Morgan fingerprint density at radius 1 is 1.03 bits per heavy atom. The van der Waals surface area contributed by atoms with Crippen LogP contribution in [-0.4, -0.2) is 31.3 Å². The molecule has 1 aromatic carbocycles. The number of sulfone groups is 1. The molecule has 0 spiro atoms. The maximum atomic E-state index is 12.8. The Bertz CT molecular complexity index is 770. The first-order valence-corrected chi connectivity index (χ1v) is 13.0. The lowest BCUT2D eigenvalue weighted by molar-refractivity contribution is -0.123. The number of ketones is 1. The number of ether oxygens (including phenoxy) is 1. The van der Waals surface area contributed by atoms with Crippen molar-refractivity contribution in [3.8, 4) is 5.75 Å². The number of hydrogen-bond donors (Lipinski definition) is 0. The molecule has 0 aromatic heterocycles. The fourth-order valence-corrected chi connectivity index (χ4v) is 6.00. The molecule has 0 unspecified atom stereocenters. The highest BCUT2D eigenvalue weighted by molar-refractivity contribution is 7.91. The van der Waals surface area contributed by atoms with E-state index in [9.17, 15) is 13.2 Å². The summed E-state index contributed by atoms with van der Waals surface area (Å²) in [6.45, 7) is 3.49. The first kappa shape index (κ1) is 22.3. The molecule has 0 radical (unpaired) electrons. The van der Waals surface area contributed by atoms with Gasteiger partial charge in [0.15, 0.2) is 9.84 Å². The molecule has 2 saturated carbocycles. The maximum absolute atomic E-state index is 12.8. The molecule has 0 heterocycles. The second kappa shape index (κ2) is 10.1. The Morgan fingerprint density at radius 2 is 1.72 bits per heavy atom. The number of benzene rings is 1. The topological polar surface area (TPSA) is 60.4 Å². The molecule has 162 valence electrons. The van der Waals surface area contributed by atoms with Crippen LogP contribution in [0, 0.1) is 11.8 Å². The number of rotatable bonds is 8. The van der Waals surface area contributed by atoms with E-state index in [0.29, 0.717) is 12.5 Å². The van der Waals surface area contributed by atoms with Gasteiger partial charge in [-0.15, -0.1) is 0 Å². The molecule has 5 heteroatoms. The van der Waals surface area contributed by atoms with Gasteiger partial charge >= 0.3 is 0 Å². The third-order valence-corrected chi connectivity index (χ3v) is 8.99. The Hall–Kier alpha value is -1.36. The largest absolute Gasteiger partial charge is 0.490 e. The molecule has 0 saturated heterocycles. The highest BCUT2D eigenvalue weighted by Gasteiger charge is 2.30. The SMILES string of the molecule is CC(C)S(=O)(=O)CC1CCC(C(=O)Cc2cccc(OC3CCCCC3)c2)CC1. The summed E-state index contributed by atoms with van der Waals surface area (Å²) in [4.78, 5) is 12.8. The zero-order chi connectivity index (χ0) is 20.9. The lowest BCUT2D eigenvalue weighted by Gasteiger charge is -2.28. The minimum atomic E-state index is -3.00. The van der Waals surface area contributed by atoms with Crippen molar-refractivity contribution in [1.82, 2.24) is 0 Å². The first-order valence-electron chi connectivity index (χ1n) is 11.3. The lowest BCUT2D eigenvalue weighted by Crippen LogP contribution is -2.29. The Morgan fingerprint density at radius 3 is 2.38 bits per heavy atom. The van der Waals surface area contributed by atoms with Crippen LogP contribution in [0.2, 0.25) is 0 Å². The van der Waals surface area contributed by atoms with Crippen molar-refractivity contribution >= 4 is 15.6 Å². The van der Waals surface area contributed by atoms with E-state index in [1.54, 1.807) is 13.8 Å². The molecule has 0 amide bonds. The smallest absolute Gasteiger partial charge is 0.152 e. The molecule has 4 nitrogen and oxygen atoms in total. The minimum Gasteiger partial charge on any atom is -0.490 e. The predicted octanol–water partition coefficient (Wildman–Crippen LogP) is 5.14. The summed E-state index contributed by atoms with van der Waals surface area (Å²) in [7, 11) is -3.00. The average Bonchev–Trinajstić information content (AvgIpc) is 2.69. The van der Waals surface area contributed by atoms with Crippen LogP contribution in [0.15, 0.2) is 24.3 Å². The number of carbonyl (C=O) groups is 1. The lowest BCUT2D eigenvalue weighted by atomic mass is 9.79. The predicted molar refractivity (Wildman–Crippen MR) is 117 cm³/mol. The number of Topliss-reactive ketones (excluding diaryl/α,β-unsaturated/α-hetero) is 1. The molecular weight excluding hydrogens is 384 g/mol. The molecule has 0 aliphatic heterocycles. The van der Waals surface area contributed by atoms with E-state index >= 15 is 0 Å². The van der Waals surface area contributed by atoms with Crippen molar-refractivity contribution in [2.24, 2.45) is 11.8 Å². The van der Waals surface area contributed by atoms with Gasteiger partial charge in [-0.1, -0.05) is 18.6 Å². The van der Waals surface area contributed by atoms with Gasteiger partial charge in [0.1, 0.15) is 11.5 Å². The monoisotopic (exact) mass is 420 g/mol. The van der Waals surface area contributed by atoms with Crippen LogP contribution in [0.3, 0.4) is 0 Å². The van der Waals surface area contributed by atoms with Gasteiger partial charge < -0.3 is 4.74 Å². The Labute approximate surface area is 176 Å². The minimum absolute atomic E-state index is 0.0657. The van der Waals surface area contributed by atoms with Crippen LogP contribution in [0.25, 0.3) is 0 Å². The summed E-state index contributed by atoms with van der Waals surface area (Å²) >= 11 is 0. The summed E-state index contributed by atoms with van der Waals surface area (Å²) < 4.78 is 30.4. The first-order chi connectivity index (χ1) is 13.8. The summed E-state index contributed by atoms with van der Waals surface area (Å²) in [5, 5.41) is -0.315. The fraction of sp³-hybridized carbons (Fsp3) is 0.708. The third kappa shape index (κ3) is 6.56. The zero-order valence-corrected chi connectivity index (χ0v) is 18.8. The van der Waals surface area contributed by atoms with E-state index in [4.69, 9.17) is 4.74 Å². The van der Waals surface area contributed by atoms with Crippen LogP contribution in [0.1, 0.15) is 77.2 Å². The standard InChI is InChI=1S/C24H36O4S/c1-18(2)29(26,27)17-19-11-13-21(14-12-19)24(25)16-20-7-6-10-23(15-20)28-22-8-4-3-5-9-22/h6-7,10,15,18-19,21-22H,3-5,8-9,11-14,16-17H2,1-2H3. The van der Waals surface area contributed by atoms with Crippen molar-refractivity contribution in [2.75, 3.05) is 5.75 Å². The van der Waals surface area contributed by atoms with Crippen LogP contribution >= 0.6 is 0 Å². The van der Waals surface area contributed by atoms with Crippen molar-refractivity contribution in [2.45, 2.75) is 89.4 Å². The third-order valence-electron chi connectivity index (χ3n) is 6.62. The van der Waals surface area contributed by atoms with E-state index in [1.165, 1.54) is 19.3 Å². The Kier molecular flexibility index (Phi) is 7.78. The normalized spacial score (nSPS) is 23.8. The highest BCUT2D eigenvalue weighted by atomic mass is 32.2. The van der Waals surface area contributed by atoms with Crippen molar-refractivity contribution in [3.05, 3.63) is 29.8 Å². The summed E-state index contributed by atoms with van der Waals surface area (Å²) in [5.41, 5.74) is 1.02. The van der Waals surface area contributed by atoms with Crippen molar-refractivity contribution in [1.29, 1.82) is 0 Å². The van der Waals surface area contributed by atoms with E-state index in [-0.39, 0.29) is 28.6 Å². The second-order valence-electron chi connectivity index (χ2n) is 9.26. The van der Waals surface area contributed by atoms with Crippen molar-refractivity contribution in [3.63, 3.8) is 0 Å². The molecular formula is C24H36O4S. The van der Waals surface area contributed by atoms with Gasteiger partial charge in [0.05, 0.1) is 17.1 Å². The zero-order valence-electron chi connectivity index (χ0n) is 17.9. The summed E-state index contributed by atoms with van der Waals surface area (Å²) in [6.07, 6.45) is 10.1. The van der Waals surface area contributed by atoms with E-state index in [2.05, 4.69) is 0 Å². The molecule has 3 rings (SSSR count). The Balaban J connectivity index is 1.49. The molecule has 2 aliphatic carbocycles. The summed E-state index contributed by atoms with van der Waals surface area (Å²) in [5.74, 6) is 1.70. The molecule has 0 N–H and O–H groups in total. The quantitative estimate of drug-likeness (QED) is 0.584. The fourth-order valence-electron chi connectivity index (χ4n) is 4.62. The van der Waals surface area contributed by atoms with Crippen molar-refractivity contribution < 1.29 is 17.9 Å². The summed E-state index contributed by atoms with van der Waals surface area (Å²) in [6, 6.07) is 8.00. The highest BCUT2D eigenvalue weighted by Crippen LogP contribution is 2.32. The van der Waals surface area contributed by atoms with Gasteiger partial charge in [0, 0.05) is 12.3 Å². The van der Waals surface area contributed by atoms with Crippen LogP contribution in [0.5, 0.6) is 5.75 Å². The molecule has 0 atom stereocenters. The molecule has 2 aliphatic rings. The molecule has 1 aromatic rings. The van der Waals surface area contributed by atoms with Crippen LogP contribution < -0.4 is 4.74 Å². The van der Waals surface area contributed by atoms with Gasteiger partial charge in [-0.05, 0) is 88.8 Å². The van der Waals surface area contributed by atoms with E-state index in [0.717, 1.165) is 49.8 Å². The maximum Gasteiger partial charge on any atom is 0.152 e. The average molecular weight is 421 g/mol. The van der Waals surface area contributed by atoms with E-state index < -0.39 is 9.84 Å². The molecule has 29 heavy (non-hydrogen) atoms. The van der Waals surface area contributed by atoms with Gasteiger partial charge in [0.2, 0.25) is 0 Å². The van der Waals surface area contributed by atoms with Gasteiger partial charge in [-0.2, -0.15) is 0 Å². The van der Waals surface area contributed by atoms with Gasteiger partial charge in [0.25, 0.3) is 0 Å². The van der Waals surface area contributed by atoms with Crippen LogP contribution in [-0.2, 0) is 21.1 Å². The second-order valence-corrected chi connectivity index (χ2v) is 11.9. The number of hydrogen-bond acceptors (Lipinski definition) is 4. The van der Waals surface area contributed by atoms with Gasteiger partial charge in [-0.3, -0.25) is 4.79 Å².